The number of aromatic nitrogens is 2. The van der Waals surface area contributed by atoms with Gasteiger partial charge >= 0.3 is 0 Å². The molecule has 1 N–H and O–H groups in total. The second-order valence-electron chi connectivity index (χ2n) is 2.39. The Morgan fingerprint density at radius 3 is 2.58 bits per heavy atom. The second kappa shape index (κ2) is 2.41. The number of aromatic amines is 1. The Morgan fingerprint density at radius 2 is 1.92 bits per heavy atom. The summed E-state index contributed by atoms with van der Waals surface area (Å²) in [5, 5.41) is 5.84. The van der Waals surface area contributed by atoms with E-state index in [1.165, 1.54) is 6.07 Å². The molecule has 0 unspecified atom stereocenters. The van der Waals surface area contributed by atoms with Crippen LogP contribution < -0.4 is 5.56 Å². The molecular weight excluding hydrogens is 159 g/mol. The number of hydrogen-bond donors (Lipinski definition) is 1. The van der Waals surface area contributed by atoms with Gasteiger partial charge in [0.25, 0.3) is 5.56 Å². The molecule has 0 radical (unpaired) electrons. The highest BCUT2D eigenvalue weighted by Gasteiger charge is 2.02. The van der Waals surface area contributed by atoms with Gasteiger partial charge in [-0.05, 0) is 12.1 Å². The Bertz CT molecular complexity index is 478. The van der Waals surface area contributed by atoms with Crippen molar-refractivity contribution in [2.45, 2.75) is 0 Å². The van der Waals surface area contributed by atoms with E-state index in [1.807, 2.05) is 0 Å². The van der Waals surface area contributed by atoms with Crippen LogP contribution in [0.3, 0.4) is 0 Å². The Labute approximate surface area is 66.8 Å². The molecule has 0 saturated heterocycles. The molecule has 0 aliphatic carbocycles. The molecule has 0 aliphatic rings. The highest BCUT2D eigenvalue weighted by molar-refractivity contribution is 5.80. The highest BCUT2D eigenvalue weighted by Crippen LogP contribution is 2.09. The van der Waals surface area contributed by atoms with Crippen LogP contribution in [0.2, 0.25) is 0 Å². The van der Waals surface area contributed by atoms with Gasteiger partial charge in [0, 0.05) is 5.39 Å². The summed E-state index contributed by atoms with van der Waals surface area (Å²) < 4.78 is 12.9. The van der Waals surface area contributed by atoms with E-state index in [2.05, 4.69) is 10.2 Å². The number of fused-ring (bicyclic) bond motifs is 1. The van der Waals surface area contributed by atoms with Gasteiger partial charge < -0.3 is 0 Å². The van der Waals surface area contributed by atoms with Crippen LogP contribution >= 0.6 is 0 Å². The Morgan fingerprint density at radius 1 is 1.25 bits per heavy atom. The normalized spacial score (nSPS) is 10.4. The minimum absolute atomic E-state index is 0.251. The van der Waals surface area contributed by atoms with E-state index in [4.69, 9.17) is 0 Å². The number of nitrogens with one attached hydrogen (secondary N) is 1. The van der Waals surface area contributed by atoms with E-state index in [1.54, 1.807) is 18.2 Å². The van der Waals surface area contributed by atoms with E-state index >= 15 is 0 Å². The predicted octanol–water partition coefficient (Wildman–Crippen LogP) is 1.06. The first kappa shape index (κ1) is 6.97. The number of halogens is 1. The lowest BCUT2D eigenvalue weighted by atomic mass is 10.2. The quantitative estimate of drug-likeness (QED) is 0.632. The number of H-pyrrole nitrogens is 1. The van der Waals surface area contributed by atoms with Crippen molar-refractivity contribution in [1.82, 2.24) is 10.2 Å². The minimum Gasteiger partial charge on any atom is -0.267 e. The number of benzene rings is 1. The van der Waals surface area contributed by atoms with Crippen molar-refractivity contribution < 1.29 is 4.39 Å². The summed E-state index contributed by atoms with van der Waals surface area (Å²) in [6.45, 7) is 0. The summed E-state index contributed by atoms with van der Waals surface area (Å²) in [7, 11) is 0. The molecule has 60 valence electrons. The molecule has 12 heavy (non-hydrogen) atoms. The van der Waals surface area contributed by atoms with Crippen molar-refractivity contribution in [3.05, 3.63) is 40.6 Å². The summed E-state index contributed by atoms with van der Waals surface area (Å²) in [6.07, 6.45) is 0. The average molecular weight is 164 g/mol. The lowest BCUT2D eigenvalue weighted by Gasteiger charge is -1.94. The van der Waals surface area contributed by atoms with Crippen molar-refractivity contribution in [2.24, 2.45) is 0 Å². The maximum absolute atomic E-state index is 12.9. The molecule has 0 spiro atoms. The molecule has 0 saturated carbocycles. The first-order valence-electron chi connectivity index (χ1n) is 3.42. The fourth-order valence-electron chi connectivity index (χ4n) is 1.08. The molecule has 4 heteroatoms. The number of hydrogen-bond acceptors (Lipinski definition) is 2. The van der Waals surface area contributed by atoms with E-state index in [9.17, 15) is 9.18 Å². The van der Waals surface area contributed by atoms with Gasteiger partial charge in [0.15, 0.2) is 0 Å². The standard InChI is InChI=1S/C8H5FN2O/c9-7-5-3-1-2-4-6(5)8(12)11-10-7/h1-4H,(H,11,12). The molecule has 2 aromatic rings. The molecule has 0 aliphatic heterocycles. The van der Waals surface area contributed by atoms with Gasteiger partial charge in [-0.2, -0.15) is 4.39 Å². The fourth-order valence-corrected chi connectivity index (χ4v) is 1.08. The monoisotopic (exact) mass is 164 g/mol. The van der Waals surface area contributed by atoms with Gasteiger partial charge in [-0.25, -0.2) is 5.10 Å². The Balaban J connectivity index is 3.05. The lowest BCUT2D eigenvalue weighted by Crippen LogP contribution is -2.09. The van der Waals surface area contributed by atoms with Crippen LogP contribution in [0, 0.1) is 5.95 Å². The molecule has 2 rings (SSSR count). The van der Waals surface area contributed by atoms with Crippen molar-refractivity contribution in [2.75, 3.05) is 0 Å². The third-order valence-electron chi connectivity index (χ3n) is 1.65. The van der Waals surface area contributed by atoms with E-state index in [-0.39, 0.29) is 10.9 Å². The second-order valence-corrected chi connectivity index (χ2v) is 2.39. The van der Waals surface area contributed by atoms with Gasteiger partial charge in [0.1, 0.15) is 0 Å². The van der Waals surface area contributed by atoms with Crippen LogP contribution in [0.1, 0.15) is 0 Å². The smallest absolute Gasteiger partial charge is 0.267 e. The van der Waals surface area contributed by atoms with Crippen LogP contribution in [0.5, 0.6) is 0 Å². The van der Waals surface area contributed by atoms with Crippen LogP contribution in [0.4, 0.5) is 4.39 Å². The molecule has 0 atom stereocenters. The molecule has 3 nitrogen and oxygen atoms in total. The first-order valence-corrected chi connectivity index (χ1v) is 3.42. The van der Waals surface area contributed by atoms with Crippen molar-refractivity contribution in [1.29, 1.82) is 0 Å². The Hall–Kier alpha value is -1.71. The van der Waals surface area contributed by atoms with E-state index in [0.29, 0.717) is 5.39 Å². The summed E-state index contributed by atoms with van der Waals surface area (Å²) in [6, 6.07) is 6.41. The SMILES string of the molecule is O=c1[nH]nc(F)c2ccccc12. The molecule has 1 heterocycles. The average Bonchev–Trinajstić information content (AvgIpc) is 2.12. The van der Waals surface area contributed by atoms with Crippen LogP contribution in [0.15, 0.2) is 29.1 Å². The van der Waals surface area contributed by atoms with Crippen molar-refractivity contribution >= 4 is 10.8 Å². The van der Waals surface area contributed by atoms with Crippen molar-refractivity contribution in [3.8, 4) is 0 Å². The zero-order valence-corrected chi connectivity index (χ0v) is 6.04. The van der Waals surface area contributed by atoms with Gasteiger partial charge in [-0.15, -0.1) is 5.10 Å². The van der Waals surface area contributed by atoms with E-state index in [0.717, 1.165) is 0 Å². The first-order chi connectivity index (χ1) is 5.79. The third kappa shape index (κ3) is 0.887. The maximum Gasteiger partial charge on any atom is 0.272 e. The predicted molar refractivity (Wildman–Crippen MR) is 42.3 cm³/mol. The number of nitrogens with zero attached hydrogens (tertiary/aromatic N) is 1. The molecule has 0 bridgehead atoms. The number of rotatable bonds is 0. The zero-order valence-electron chi connectivity index (χ0n) is 6.04. The summed E-state index contributed by atoms with van der Waals surface area (Å²) in [4.78, 5) is 11.0. The summed E-state index contributed by atoms with van der Waals surface area (Å²) in [5.41, 5.74) is -0.369. The van der Waals surface area contributed by atoms with Crippen LogP contribution in [-0.4, -0.2) is 10.2 Å². The Kier molecular flexibility index (Phi) is 1.40. The maximum atomic E-state index is 12.9. The molecule has 0 amide bonds. The van der Waals surface area contributed by atoms with Gasteiger partial charge in [-0.3, -0.25) is 4.79 Å². The molecule has 1 aromatic carbocycles. The van der Waals surface area contributed by atoms with Gasteiger partial charge in [0.05, 0.1) is 5.39 Å². The largest absolute Gasteiger partial charge is 0.272 e. The van der Waals surface area contributed by atoms with Gasteiger partial charge in [0.2, 0.25) is 5.95 Å². The van der Waals surface area contributed by atoms with Crippen LogP contribution in [-0.2, 0) is 0 Å². The lowest BCUT2D eigenvalue weighted by molar-refractivity contribution is 0.574. The van der Waals surface area contributed by atoms with E-state index < -0.39 is 5.95 Å². The fraction of sp³-hybridized carbons (Fsp3) is 0. The molecule has 0 fully saturated rings. The van der Waals surface area contributed by atoms with Crippen molar-refractivity contribution in [3.63, 3.8) is 0 Å². The van der Waals surface area contributed by atoms with Crippen LogP contribution in [0.25, 0.3) is 10.8 Å². The zero-order chi connectivity index (χ0) is 8.55. The minimum atomic E-state index is -0.648. The topological polar surface area (TPSA) is 45.8 Å². The van der Waals surface area contributed by atoms with Gasteiger partial charge in [-0.1, -0.05) is 12.1 Å². The summed E-state index contributed by atoms with van der Waals surface area (Å²) >= 11 is 0. The highest BCUT2D eigenvalue weighted by atomic mass is 19.1. The summed E-state index contributed by atoms with van der Waals surface area (Å²) in [5.74, 6) is -0.648. The molecule has 1 aromatic heterocycles. The molecular formula is C8H5FN2O. The third-order valence-corrected chi connectivity index (χ3v) is 1.65.